The van der Waals surface area contributed by atoms with Crippen LogP contribution >= 0.6 is 8.58 Å². The zero-order valence-corrected chi connectivity index (χ0v) is 10.4. The molecule has 4 heterocycles. The second kappa shape index (κ2) is 2.21. The molecule has 0 aromatic carbocycles. The molecule has 5 atom stereocenters. The van der Waals surface area contributed by atoms with Gasteiger partial charge in [0, 0.05) is 12.8 Å². The molecule has 4 saturated heterocycles. The van der Waals surface area contributed by atoms with Gasteiger partial charge in [-0.3, -0.25) is 0 Å². The maximum absolute atomic E-state index is 6.12. The third-order valence-electron chi connectivity index (χ3n) is 3.66. The van der Waals surface area contributed by atoms with Crippen molar-refractivity contribution in [2.24, 2.45) is 0 Å². The van der Waals surface area contributed by atoms with E-state index in [1.807, 2.05) is 0 Å². The Morgan fingerprint density at radius 2 is 1.64 bits per heavy atom. The van der Waals surface area contributed by atoms with Gasteiger partial charge < -0.3 is 9.47 Å². The summed E-state index contributed by atoms with van der Waals surface area (Å²) < 4.78 is 12.2. The van der Waals surface area contributed by atoms with Gasteiger partial charge in [-0.2, -0.15) is 0 Å². The molecule has 14 heavy (non-hydrogen) atoms. The van der Waals surface area contributed by atoms with Gasteiger partial charge in [0.25, 0.3) is 0 Å². The van der Waals surface area contributed by atoms with E-state index in [0.717, 1.165) is 21.4 Å². The average molecular weight is 214 g/mol. The molecule has 0 amide bonds. The van der Waals surface area contributed by atoms with Crippen molar-refractivity contribution in [1.29, 1.82) is 0 Å². The van der Waals surface area contributed by atoms with Crippen molar-refractivity contribution in [3.05, 3.63) is 0 Å². The number of ether oxygens (including phenoxy) is 2. The molecule has 0 N–H and O–H groups in total. The highest BCUT2D eigenvalue weighted by Crippen LogP contribution is 2.69. The van der Waals surface area contributed by atoms with Crippen LogP contribution in [0.25, 0.3) is 0 Å². The molecule has 80 valence electrons. The lowest BCUT2D eigenvalue weighted by Gasteiger charge is -2.67. The summed E-state index contributed by atoms with van der Waals surface area (Å²) in [6, 6.07) is 0. The summed E-state index contributed by atoms with van der Waals surface area (Å²) in [4.78, 5) is 0. The highest BCUT2D eigenvalue weighted by Gasteiger charge is 2.64. The number of rotatable bonds is 0. The monoisotopic (exact) mass is 214 g/mol. The van der Waals surface area contributed by atoms with Crippen molar-refractivity contribution >= 4 is 8.58 Å². The smallest absolute Gasteiger partial charge is 0.168 e. The Morgan fingerprint density at radius 1 is 0.929 bits per heavy atom. The van der Waals surface area contributed by atoms with E-state index in [0.29, 0.717) is 5.16 Å². The first-order valence-electron chi connectivity index (χ1n) is 5.44. The van der Waals surface area contributed by atoms with Crippen LogP contribution in [0.15, 0.2) is 0 Å². The highest BCUT2D eigenvalue weighted by atomic mass is 31.1. The Bertz CT molecular complexity index is 206. The Balaban J connectivity index is 2.08. The molecule has 2 nitrogen and oxygen atoms in total. The predicted octanol–water partition coefficient (Wildman–Crippen LogP) is 2.86. The molecule has 0 aliphatic carbocycles. The molecule has 0 spiro atoms. The van der Waals surface area contributed by atoms with E-state index in [1.54, 1.807) is 0 Å². The van der Waals surface area contributed by atoms with Crippen LogP contribution < -0.4 is 0 Å². The average Bonchev–Trinajstić information content (AvgIpc) is 1.67. The third kappa shape index (κ3) is 1.20. The van der Waals surface area contributed by atoms with Gasteiger partial charge in [-0.1, -0.05) is 15.5 Å². The first-order chi connectivity index (χ1) is 6.24. The molecule has 4 rings (SSSR count). The van der Waals surface area contributed by atoms with Crippen molar-refractivity contribution in [2.75, 3.05) is 0 Å². The maximum atomic E-state index is 6.12. The highest BCUT2D eigenvalue weighted by molar-refractivity contribution is 7.41. The largest absolute Gasteiger partial charge is 0.344 e. The minimum absolute atomic E-state index is 0.0694. The first kappa shape index (κ1) is 9.57. The van der Waals surface area contributed by atoms with E-state index in [-0.39, 0.29) is 16.7 Å². The first-order valence-corrected chi connectivity index (χ1v) is 6.44. The Morgan fingerprint density at radius 3 is 2.14 bits per heavy atom. The van der Waals surface area contributed by atoms with Crippen molar-refractivity contribution in [3.63, 3.8) is 0 Å². The van der Waals surface area contributed by atoms with Gasteiger partial charge in [-0.05, 0) is 32.3 Å². The van der Waals surface area contributed by atoms with Crippen LogP contribution in [0.4, 0.5) is 0 Å². The topological polar surface area (TPSA) is 18.5 Å². The summed E-state index contributed by atoms with van der Waals surface area (Å²) in [5.41, 5.74) is 0.0694. The van der Waals surface area contributed by atoms with Crippen LogP contribution in [0, 0.1) is 0 Å². The predicted molar refractivity (Wildman–Crippen MR) is 58.0 cm³/mol. The third-order valence-corrected chi connectivity index (χ3v) is 5.42. The molecule has 3 heteroatoms. The van der Waals surface area contributed by atoms with Crippen molar-refractivity contribution in [3.8, 4) is 0 Å². The van der Waals surface area contributed by atoms with Gasteiger partial charge in [-0.25, -0.2) is 0 Å². The summed E-state index contributed by atoms with van der Waals surface area (Å²) in [5.74, 6) is -0.306. The van der Waals surface area contributed by atoms with Gasteiger partial charge in [0.2, 0.25) is 0 Å². The second-order valence-corrected chi connectivity index (χ2v) is 8.75. The van der Waals surface area contributed by atoms with E-state index in [9.17, 15) is 0 Å². The Labute approximate surface area is 87.5 Å². The van der Waals surface area contributed by atoms with Gasteiger partial charge in [0.15, 0.2) is 5.79 Å². The molecule has 4 aliphatic heterocycles. The van der Waals surface area contributed by atoms with Crippen molar-refractivity contribution in [1.82, 2.24) is 0 Å². The molecular formula is C11H19O2P. The van der Waals surface area contributed by atoms with Gasteiger partial charge in [-0.15, -0.1) is 0 Å². The van der Waals surface area contributed by atoms with E-state index in [2.05, 4.69) is 27.7 Å². The fourth-order valence-corrected chi connectivity index (χ4v) is 7.25. The maximum Gasteiger partial charge on any atom is 0.168 e. The van der Waals surface area contributed by atoms with Gasteiger partial charge >= 0.3 is 0 Å². The van der Waals surface area contributed by atoms with E-state index >= 15 is 0 Å². The quantitative estimate of drug-likeness (QED) is 0.577. The molecule has 0 radical (unpaired) electrons. The SMILES string of the molecule is CC12CC3(C)CC(C)(O1)OC(C)(C2)P3. The van der Waals surface area contributed by atoms with Crippen molar-refractivity contribution in [2.45, 2.75) is 68.8 Å². The van der Waals surface area contributed by atoms with Crippen LogP contribution in [0.5, 0.6) is 0 Å². The normalized spacial score (nSPS) is 67.7. The number of hydrogen-bond acceptors (Lipinski definition) is 2. The van der Waals surface area contributed by atoms with Crippen LogP contribution in [-0.4, -0.2) is 21.9 Å². The molecule has 0 aromatic rings. The summed E-state index contributed by atoms with van der Waals surface area (Å²) in [7, 11) is 0.935. The zero-order valence-electron chi connectivity index (χ0n) is 9.44. The fraction of sp³-hybridized carbons (Fsp3) is 1.00. The van der Waals surface area contributed by atoms with Gasteiger partial charge in [0.05, 0.1) is 10.9 Å². The lowest BCUT2D eigenvalue weighted by Crippen LogP contribution is -2.68. The Hall–Kier alpha value is 0.350. The summed E-state index contributed by atoms with van der Waals surface area (Å²) in [6.07, 6.45) is 3.36. The standard InChI is InChI=1S/C11H19O2P/c1-8-5-9(2)7-10(3,12-8)13-11(4,6-8)14-9/h14H,5-7H2,1-4H3. The van der Waals surface area contributed by atoms with Crippen LogP contribution in [0.3, 0.4) is 0 Å². The zero-order chi connectivity index (χ0) is 10.2. The van der Waals surface area contributed by atoms with Gasteiger partial charge in [0.1, 0.15) is 0 Å². The Kier molecular flexibility index (Phi) is 1.51. The van der Waals surface area contributed by atoms with E-state index < -0.39 is 0 Å². The van der Waals surface area contributed by atoms with Crippen LogP contribution in [0.2, 0.25) is 0 Å². The molecule has 4 bridgehead atoms. The summed E-state index contributed by atoms with van der Waals surface area (Å²) >= 11 is 0. The molecule has 4 fully saturated rings. The molecule has 0 saturated carbocycles. The van der Waals surface area contributed by atoms with Crippen molar-refractivity contribution < 1.29 is 9.47 Å². The second-order valence-electron chi connectivity index (χ2n) is 6.23. The molecule has 5 unspecified atom stereocenters. The fourth-order valence-electron chi connectivity index (χ4n) is 4.37. The number of hydrogen-bond donors (Lipinski definition) is 0. The minimum Gasteiger partial charge on any atom is -0.344 e. The van der Waals surface area contributed by atoms with Crippen LogP contribution in [-0.2, 0) is 9.47 Å². The lowest BCUT2D eigenvalue weighted by atomic mass is 9.78. The van der Waals surface area contributed by atoms with Crippen LogP contribution in [0.1, 0.15) is 47.0 Å². The molecular weight excluding hydrogens is 195 g/mol. The molecule has 4 aliphatic rings. The van der Waals surface area contributed by atoms with E-state index in [1.165, 1.54) is 6.42 Å². The van der Waals surface area contributed by atoms with E-state index in [4.69, 9.17) is 9.47 Å². The minimum atomic E-state index is -0.306. The molecule has 0 aromatic heterocycles. The summed E-state index contributed by atoms with van der Waals surface area (Å²) in [5, 5.41) is 0.556. The summed E-state index contributed by atoms with van der Waals surface area (Å²) in [6.45, 7) is 9.04. The lowest BCUT2D eigenvalue weighted by molar-refractivity contribution is -0.377.